The summed E-state index contributed by atoms with van der Waals surface area (Å²) in [4.78, 5) is 26.4. The summed E-state index contributed by atoms with van der Waals surface area (Å²) in [6.45, 7) is 2.06. The van der Waals surface area contributed by atoms with Crippen molar-refractivity contribution in [3.05, 3.63) is 72.8 Å². The molecule has 144 valence electrons. The quantitative estimate of drug-likeness (QED) is 0.688. The third-order valence-electron chi connectivity index (χ3n) is 4.92. The van der Waals surface area contributed by atoms with E-state index in [1.54, 1.807) is 12.5 Å². The molecule has 0 bridgehead atoms. The molecule has 8 heteroatoms. The molecule has 3 aromatic rings. The Bertz CT molecular complexity index is 898. The standard InChI is InChI=1S/C20H22N6O2/c27-19-13-25(9-5-17(19)24-20(28)18-11-21-6-7-23-18)12-15-1-3-16(4-2-15)26-10-8-22-14-26/h1-4,6-8,10-11,14,17,19,27H,5,9,12-13H2,(H,24,28)/t17-,19-/m1/s1. The van der Waals surface area contributed by atoms with E-state index in [9.17, 15) is 9.90 Å². The number of nitrogens with one attached hydrogen (secondary N) is 1. The van der Waals surface area contributed by atoms with Gasteiger partial charge in [0.05, 0.1) is 24.7 Å². The molecule has 1 aliphatic rings. The molecule has 0 radical (unpaired) electrons. The lowest BCUT2D eigenvalue weighted by Gasteiger charge is -2.36. The van der Waals surface area contributed by atoms with Gasteiger partial charge in [0.1, 0.15) is 5.69 Å². The molecule has 1 amide bonds. The average molecular weight is 378 g/mol. The third kappa shape index (κ3) is 4.24. The molecule has 3 heterocycles. The van der Waals surface area contributed by atoms with Gasteiger partial charge >= 0.3 is 0 Å². The van der Waals surface area contributed by atoms with Crippen LogP contribution in [0.4, 0.5) is 0 Å². The fourth-order valence-electron chi connectivity index (χ4n) is 3.41. The highest BCUT2D eigenvalue weighted by Crippen LogP contribution is 2.16. The van der Waals surface area contributed by atoms with Gasteiger partial charge in [0.25, 0.3) is 5.91 Å². The number of carbonyl (C=O) groups is 1. The van der Waals surface area contributed by atoms with E-state index < -0.39 is 6.10 Å². The van der Waals surface area contributed by atoms with Crippen LogP contribution in [0.15, 0.2) is 61.6 Å². The van der Waals surface area contributed by atoms with E-state index >= 15 is 0 Å². The van der Waals surface area contributed by atoms with Crippen molar-refractivity contribution in [3.8, 4) is 5.69 Å². The molecule has 8 nitrogen and oxygen atoms in total. The van der Waals surface area contributed by atoms with Crippen molar-refractivity contribution in [2.75, 3.05) is 13.1 Å². The first-order valence-corrected chi connectivity index (χ1v) is 9.23. The van der Waals surface area contributed by atoms with Crippen LogP contribution in [-0.4, -0.2) is 60.7 Å². The number of aliphatic hydroxyl groups excluding tert-OH is 1. The number of β-amino-alcohol motifs (C(OH)–C–C–N with tert-alkyl or cyclic N) is 1. The van der Waals surface area contributed by atoms with Gasteiger partial charge in [0, 0.05) is 50.1 Å². The molecule has 2 N–H and O–H groups in total. The van der Waals surface area contributed by atoms with Crippen LogP contribution in [0.3, 0.4) is 0 Å². The van der Waals surface area contributed by atoms with E-state index in [0.717, 1.165) is 18.8 Å². The van der Waals surface area contributed by atoms with Crippen LogP contribution in [0.25, 0.3) is 5.69 Å². The SMILES string of the molecule is O=C(N[C@@H]1CCN(Cc2ccc(-n3ccnc3)cc2)C[C@H]1O)c1cnccn1. The fraction of sp³-hybridized carbons (Fsp3) is 0.300. The largest absolute Gasteiger partial charge is 0.390 e. The molecule has 1 fully saturated rings. The maximum absolute atomic E-state index is 12.2. The van der Waals surface area contributed by atoms with Crippen molar-refractivity contribution < 1.29 is 9.90 Å². The molecule has 28 heavy (non-hydrogen) atoms. The molecule has 0 saturated carbocycles. The number of hydrogen-bond donors (Lipinski definition) is 2. The Hall–Kier alpha value is -3.10. The second-order valence-corrected chi connectivity index (χ2v) is 6.90. The Morgan fingerprint density at radius 2 is 2.04 bits per heavy atom. The second-order valence-electron chi connectivity index (χ2n) is 6.90. The fourth-order valence-corrected chi connectivity index (χ4v) is 3.41. The summed E-state index contributed by atoms with van der Waals surface area (Å²) in [5.74, 6) is -0.305. The normalized spacial score (nSPS) is 20.0. The van der Waals surface area contributed by atoms with Crippen molar-refractivity contribution in [1.82, 2.24) is 29.7 Å². The molecular formula is C20H22N6O2. The molecule has 0 aliphatic carbocycles. The second kappa shape index (κ2) is 8.28. The Morgan fingerprint density at radius 3 is 2.71 bits per heavy atom. The van der Waals surface area contributed by atoms with Crippen molar-refractivity contribution in [1.29, 1.82) is 0 Å². The number of aliphatic hydroxyl groups is 1. The summed E-state index contributed by atoms with van der Waals surface area (Å²) in [5, 5.41) is 13.3. The molecule has 0 spiro atoms. The number of likely N-dealkylation sites (tertiary alicyclic amines) is 1. The Kier molecular flexibility index (Phi) is 5.41. The Labute approximate surface area is 162 Å². The molecular weight excluding hydrogens is 356 g/mol. The smallest absolute Gasteiger partial charge is 0.271 e. The number of nitrogens with zero attached hydrogens (tertiary/aromatic N) is 5. The van der Waals surface area contributed by atoms with Gasteiger partial charge in [-0.05, 0) is 24.1 Å². The van der Waals surface area contributed by atoms with Crippen LogP contribution >= 0.6 is 0 Å². The zero-order chi connectivity index (χ0) is 19.3. The van der Waals surface area contributed by atoms with E-state index in [0.29, 0.717) is 13.0 Å². The van der Waals surface area contributed by atoms with Crippen LogP contribution in [0.2, 0.25) is 0 Å². The zero-order valence-corrected chi connectivity index (χ0v) is 15.3. The maximum Gasteiger partial charge on any atom is 0.271 e. The first kappa shape index (κ1) is 18.3. The lowest BCUT2D eigenvalue weighted by molar-refractivity contribution is 0.0348. The molecule has 4 rings (SSSR count). The van der Waals surface area contributed by atoms with Crippen LogP contribution < -0.4 is 5.32 Å². The number of carbonyl (C=O) groups excluding carboxylic acids is 1. The highest BCUT2D eigenvalue weighted by molar-refractivity contribution is 5.92. The molecule has 1 aliphatic heterocycles. The van der Waals surface area contributed by atoms with Crippen LogP contribution in [-0.2, 0) is 6.54 Å². The van der Waals surface area contributed by atoms with Gasteiger partial charge < -0.3 is 15.0 Å². The lowest BCUT2D eigenvalue weighted by atomic mass is 10.0. The first-order valence-electron chi connectivity index (χ1n) is 9.23. The van der Waals surface area contributed by atoms with Gasteiger partial charge in [0.15, 0.2) is 0 Å². The minimum atomic E-state index is -0.625. The van der Waals surface area contributed by atoms with E-state index in [-0.39, 0.29) is 17.6 Å². The molecule has 1 saturated heterocycles. The van der Waals surface area contributed by atoms with Gasteiger partial charge in [-0.25, -0.2) is 9.97 Å². The minimum absolute atomic E-state index is 0.259. The first-order chi connectivity index (χ1) is 13.7. The number of imidazole rings is 1. The molecule has 2 aromatic heterocycles. The van der Waals surface area contributed by atoms with Crippen LogP contribution in [0.5, 0.6) is 0 Å². The van der Waals surface area contributed by atoms with E-state index in [1.165, 1.54) is 24.2 Å². The van der Waals surface area contributed by atoms with Gasteiger partial charge in [-0.3, -0.25) is 14.7 Å². The lowest BCUT2D eigenvalue weighted by Crippen LogP contribution is -2.53. The maximum atomic E-state index is 12.2. The van der Waals surface area contributed by atoms with E-state index in [4.69, 9.17) is 0 Å². The number of aromatic nitrogens is 4. The number of piperidine rings is 1. The monoisotopic (exact) mass is 378 g/mol. The summed E-state index contributed by atoms with van der Waals surface area (Å²) in [7, 11) is 0. The summed E-state index contributed by atoms with van der Waals surface area (Å²) in [5.41, 5.74) is 2.50. The van der Waals surface area contributed by atoms with Crippen LogP contribution in [0.1, 0.15) is 22.5 Å². The van der Waals surface area contributed by atoms with Gasteiger partial charge in [-0.2, -0.15) is 0 Å². The molecule has 2 atom stereocenters. The van der Waals surface area contributed by atoms with Crippen molar-refractivity contribution >= 4 is 5.91 Å². The number of hydrogen-bond acceptors (Lipinski definition) is 6. The molecule has 1 aromatic carbocycles. The van der Waals surface area contributed by atoms with Gasteiger partial charge in [-0.15, -0.1) is 0 Å². The summed E-state index contributed by atoms with van der Waals surface area (Å²) in [6.07, 6.45) is 9.90. The van der Waals surface area contributed by atoms with Crippen LogP contribution in [0, 0.1) is 0 Å². The summed E-state index contributed by atoms with van der Waals surface area (Å²) in [6, 6.07) is 8.00. The third-order valence-corrected chi connectivity index (χ3v) is 4.92. The summed E-state index contributed by atoms with van der Waals surface area (Å²) < 4.78 is 1.96. The van der Waals surface area contributed by atoms with E-state index in [1.807, 2.05) is 10.8 Å². The number of rotatable bonds is 5. The average Bonchev–Trinajstić information content (AvgIpc) is 3.26. The Balaban J connectivity index is 1.31. The highest BCUT2D eigenvalue weighted by atomic mass is 16.3. The van der Waals surface area contributed by atoms with E-state index in [2.05, 4.69) is 49.4 Å². The zero-order valence-electron chi connectivity index (χ0n) is 15.3. The topological polar surface area (TPSA) is 96.2 Å². The predicted octanol–water partition coefficient (Wildman–Crippen LogP) is 1.03. The van der Waals surface area contributed by atoms with Crippen molar-refractivity contribution in [3.63, 3.8) is 0 Å². The Morgan fingerprint density at radius 1 is 1.18 bits per heavy atom. The number of amides is 1. The van der Waals surface area contributed by atoms with Crippen molar-refractivity contribution in [2.24, 2.45) is 0 Å². The van der Waals surface area contributed by atoms with Gasteiger partial charge in [-0.1, -0.05) is 12.1 Å². The molecule has 0 unspecified atom stereocenters. The number of benzene rings is 1. The highest BCUT2D eigenvalue weighted by Gasteiger charge is 2.29. The van der Waals surface area contributed by atoms with Crippen molar-refractivity contribution in [2.45, 2.75) is 25.1 Å². The predicted molar refractivity (Wildman–Crippen MR) is 103 cm³/mol. The minimum Gasteiger partial charge on any atom is -0.390 e. The summed E-state index contributed by atoms with van der Waals surface area (Å²) >= 11 is 0. The van der Waals surface area contributed by atoms with Gasteiger partial charge in [0.2, 0.25) is 0 Å².